The summed E-state index contributed by atoms with van der Waals surface area (Å²) in [5.41, 5.74) is -0.612. The van der Waals surface area contributed by atoms with Crippen molar-refractivity contribution in [1.82, 2.24) is 0 Å². The Morgan fingerprint density at radius 1 is 1.50 bits per heavy atom. The van der Waals surface area contributed by atoms with Crippen molar-refractivity contribution >= 4 is 5.69 Å². The van der Waals surface area contributed by atoms with Crippen LogP contribution >= 0.6 is 0 Å². The van der Waals surface area contributed by atoms with Gasteiger partial charge in [-0.05, 0) is 12.1 Å². The van der Waals surface area contributed by atoms with E-state index in [0.717, 1.165) is 0 Å². The first-order valence-corrected chi connectivity index (χ1v) is 3.75. The van der Waals surface area contributed by atoms with Crippen LogP contribution in [0, 0.1) is 10.1 Å². The van der Waals surface area contributed by atoms with E-state index < -0.39 is 16.9 Å². The first-order valence-electron chi connectivity index (χ1n) is 3.75. The van der Waals surface area contributed by atoms with Crippen molar-refractivity contribution in [3.05, 3.63) is 33.9 Å². The fourth-order valence-corrected chi connectivity index (χ4v) is 1.11. The van der Waals surface area contributed by atoms with Crippen LogP contribution < -0.4 is 4.74 Å². The molecule has 0 aliphatic rings. The van der Waals surface area contributed by atoms with Crippen LogP contribution in [-0.4, -0.2) is 22.2 Å². The van der Waals surface area contributed by atoms with Gasteiger partial charge in [0.15, 0.2) is 12.0 Å². The minimum Gasteiger partial charge on any atom is -0.490 e. The topological polar surface area (TPSA) is 92.8 Å². The van der Waals surface area contributed by atoms with Crippen LogP contribution in [0.15, 0.2) is 18.2 Å². The Morgan fingerprint density at radius 3 is 2.57 bits per heavy atom. The number of rotatable bonds is 3. The van der Waals surface area contributed by atoms with Crippen molar-refractivity contribution in [3.63, 3.8) is 0 Å². The van der Waals surface area contributed by atoms with Crippen LogP contribution in [0.3, 0.4) is 0 Å². The van der Waals surface area contributed by atoms with E-state index in [1.165, 1.54) is 25.3 Å². The summed E-state index contributed by atoms with van der Waals surface area (Å²) in [6, 6.07) is 4.08. The largest absolute Gasteiger partial charge is 0.490 e. The van der Waals surface area contributed by atoms with Crippen molar-refractivity contribution < 1.29 is 19.9 Å². The molecule has 76 valence electrons. The number of ether oxygens (including phenoxy) is 1. The van der Waals surface area contributed by atoms with Gasteiger partial charge in [-0.25, -0.2) is 0 Å². The zero-order valence-electron chi connectivity index (χ0n) is 7.38. The molecule has 0 unspecified atom stereocenters. The minimum absolute atomic E-state index is 0.000556. The van der Waals surface area contributed by atoms with Crippen molar-refractivity contribution in [2.45, 2.75) is 6.29 Å². The summed E-state index contributed by atoms with van der Waals surface area (Å²) in [6.45, 7) is 0. The Bertz CT molecular complexity index is 350. The average molecular weight is 199 g/mol. The molecule has 1 aromatic rings. The molecule has 6 nitrogen and oxygen atoms in total. The number of nitro groups is 1. The maximum Gasteiger partial charge on any atom is 0.319 e. The van der Waals surface area contributed by atoms with Crippen LogP contribution in [0.4, 0.5) is 5.69 Å². The molecule has 0 saturated heterocycles. The second kappa shape index (κ2) is 4.03. The lowest BCUT2D eigenvalue weighted by atomic mass is 10.1. The van der Waals surface area contributed by atoms with E-state index in [2.05, 4.69) is 0 Å². The number of aliphatic hydroxyl groups excluding tert-OH is 1. The summed E-state index contributed by atoms with van der Waals surface area (Å²) >= 11 is 0. The molecule has 0 aromatic heterocycles. The predicted molar refractivity (Wildman–Crippen MR) is 46.8 cm³/mol. The van der Waals surface area contributed by atoms with Gasteiger partial charge >= 0.3 is 5.69 Å². The van der Waals surface area contributed by atoms with E-state index in [-0.39, 0.29) is 11.3 Å². The second-order valence-electron chi connectivity index (χ2n) is 2.53. The summed E-state index contributed by atoms with van der Waals surface area (Å²) in [5.74, 6) is 0.000556. The molecule has 0 fully saturated rings. The van der Waals surface area contributed by atoms with Gasteiger partial charge in [0.1, 0.15) is 0 Å². The summed E-state index contributed by atoms with van der Waals surface area (Å²) < 4.78 is 4.73. The second-order valence-corrected chi connectivity index (χ2v) is 2.53. The van der Waals surface area contributed by atoms with E-state index in [9.17, 15) is 10.1 Å². The van der Waals surface area contributed by atoms with Gasteiger partial charge in [-0.15, -0.1) is 0 Å². The maximum atomic E-state index is 10.6. The zero-order chi connectivity index (χ0) is 10.7. The molecule has 1 rings (SSSR count). The first kappa shape index (κ1) is 10.4. The molecule has 0 radical (unpaired) electrons. The molecule has 0 amide bonds. The Balaban J connectivity index is 3.35. The third kappa shape index (κ3) is 1.81. The summed E-state index contributed by atoms with van der Waals surface area (Å²) in [7, 11) is 1.27. The van der Waals surface area contributed by atoms with E-state index in [0.29, 0.717) is 0 Å². The number of para-hydroxylation sites is 1. The highest BCUT2D eigenvalue weighted by molar-refractivity contribution is 5.53. The number of hydrogen-bond acceptors (Lipinski definition) is 5. The van der Waals surface area contributed by atoms with Crippen molar-refractivity contribution in [3.8, 4) is 5.75 Å². The van der Waals surface area contributed by atoms with E-state index in [1.807, 2.05) is 0 Å². The minimum atomic E-state index is -1.88. The molecule has 0 aliphatic carbocycles. The number of nitrogens with zero attached hydrogens (tertiary/aromatic N) is 1. The van der Waals surface area contributed by atoms with E-state index in [1.54, 1.807) is 0 Å². The van der Waals surface area contributed by atoms with Crippen molar-refractivity contribution in [2.75, 3.05) is 7.11 Å². The highest BCUT2D eigenvalue weighted by Gasteiger charge is 2.23. The molecule has 0 saturated carbocycles. The van der Waals surface area contributed by atoms with Crippen LogP contribution in [0.2, 0.25) is 0 Å². The monoisotopic (exact) mass is 199 g/mol. The molecule has 0 heterocycles. The highest BCUT2D eigenvalue weighted by atomic mass is 16.6. The van der Waals surface area contributed by atoms with Gasteiger partial charge in [-0.3, -0.25) is 10.1 Å². The van der Waals surface area contributed by atoms with Gasteiger partial charge in [0.25, 0.3) is 0 Å². The van der Waals surface area contributed by atoms with E-state index >= 15 is 0 Å². The van der Waals surface area contributed by atoms with Crippen LogP contribution in [0.5, 0.6) is 5.75 Å². The normalized spacial score (nSPS) is 10.3. The zero-order valence-corrected chi connectivity index (χ0v) is 7.38. The molecule has 0 aliphatic heterocycles. The molecule has 0 spiro atoms. The fraction of sp³-hybridized carbons (Fsp3) is 0.250. The van der Waals surface area contributed by atoms with Gasteiger partial charge in [0.2, 0.25) is 0 Å². The lowest BCUT2D eigenvalue weighted by Gasteiger charge is -2.07. The van der Waals surface area contributed by atoms with Gasteiger partial charge in [0.05, 0.1) is 17.6 Å². The Labute approximate surface area is 79.5 Å². The van der Waals surface area contributed by atoms with Gasteiger partial charge < -0.3 is 14.9 Å². The van der Waals surface area contributed by atoms with Crippen molar-refractivity contribution in [1.29, 1.82) is 0 Å². The molecule has 1 aromatic carbocycles. The molecular formula is C8H9NO5. The van der Waals surface area contributed by atoms with Crippen LogP contribution in [-0.2, 0) is 0 Å². The highest BCUT2D eigenvalue weighted by Crippen LogP contribution is 2.33. The molecule has 2 N–H and O–H groups in total. The van der Waals surface area contributed by atoms with Gasteiger partial charge in [-0.2, -0.15) is 0 Å². The quantitative estimate of drug-likeness (QED) is 0.422. The summed E-state index contributed by atoms with van der Waals surface area (Å²) in [6.07, 6.45) is -1.88. The Morgan fingerprint density at radius 2 is 2.14 bits per heavy atom. The SMILES string of the molecule is COc1cccc(C(O)O)c1[N+](=O)[O-]. The Kier molecular flexibility index (Phi) is 3.00. The number of benzene rings is 1. The third-order valence-electron chi connectivity index (χ3n) is 1.71. The number of methoxy groups -OCH3 is 1. The standard InChI is InChI=1S/C8H9NO5/c1-14-6-4-2-3-5(8(10)11)7(6)9(12)13/h2-4,8,10-11H,1H3. The number of nitro benzene ring substituents is 1. The lowest BCUT2D eigenvalue weighted by Crippen LogP contribution is -2.03. The number of aliphatic hydroxyl groups is 2. The van der Waals surface area contributed by atoms with Crippen LogP contribution in [0.1, 0.15) is 11.9 Å². The van der Waals surface area contributed by atoms with Crippen molar-refractivity contribution in [2.24, 2.45) is 0 Å². The average Bonchev–Trinajstić information content (AvgIpc) is 2.16. The molecule has 6 heteroatoms. The number of hydrogen-bond donors (Lipinski definition) is 2. The van der Waals surface area contributed by atoms with Gasteiger partial charge in [-0.1, -0.05) is 6.07 Å². The molecule has 0 bridgehead atoms. The Hall–Kier alpha value is -1.66. The predicted octanol–water partition coefficient (Wildman–Crippen LogP) is 0.587. The lowest BCUT2D eigenvalue weighted by molar-refractivity contribution is -0.387. The van der Waals surface area contributed by atoms with Crippen LogP contribution in [0.25, 0.3) is 0 Å². The smallest absolute Gasteiger partial charge is 0.319 e. The maximum absolute atomic E-state index is 10.6. The van der Waals surface area contributed by atoms with E-state index in [4.69, 9.17) is 14.9 Å². The fourth-order valence-electron chi connectivity index (χ4n) is 1.11. The first-order chi connectivity index (χ1) is 6.57. The molecule has 0 atom stereocenters. The summed E-state index contributed by atoms with van der Waals surface area (Å²) in [4.78, 5) is 9.89. The summed E-state index contributed by atoms with van der Waals surface area (Å²) in [5, 5.41) is 28.3. The molecular weight excluding hydrogens is 190 g/mol. The third-order valence-corrected chi connectivity index (χ3v) is 1.71. The molecule has 14 heavy (non-hydrogen) atoms. The van der Waals surface area contributed by atoms with Gasteiger partial charge in [0, 0.05) is 0 Å².